The minimum Gasteiger partial charge on any atom is -0.250 e. The number of alkyl halides is 3. The molecule has 0 amide bonds. The summed E-state index contributed by atoms with van der Waals surface area (Å²) in [6, 6.07) is 9.34. The molecule has 0 aliphatic rings. The van der Waals surface area contributed by atoms with Gasteiger partial charge in [-0.3, -0.25) is 13.2 Å². The molecule has 0 saturated heterocycles. The third-order valence-electron chi connectivity index (χ3n) is 2.64. The van der Waals surface area contributed by atoms with Crippen LogP contribution in [0, 0.1) is 5.41 Å². The quantitative estimate of drug-likeness (QED) is 0.682. The summed E-state index contributed by atoms with van der Waals surface area (Å²) >= 11 is 0. The Kier molecular flexibility index (Phi) is 4.66. The predicted octanol–water partition coefficient (Wildman–Crippen LogP) is 3.51. The van der Waals surface area contributed by atoms with E-state index in [4.69, 9.17) is 0 Å². The first-order valence-corrected chi connectivity index (χ1v) is 4.98. The van der Waals surface area contributed by atoms with Crippen molar-refractivity contribution in [1.82, 2.24) is 0 Å². The molecule has 0 unspecified atom stereocenters. The molecule has 0 atom stereocenters. The fraction of sp³-hybridized carbons (Fsp3) is 0.500. The smallest absolute Gasteiger partial charge is 0.100 e. The van der Waals surface area contributed by atoms with E-state index < -0.39 is 25.4 Å². The number of hydrogen-bond donors (Lipinski definition) is 0. The second kappa shape index (κ2) is 5.79. The van der Waals surface area contributed by atoms with E-state index in [2.05, 4.69) is 0 Å². The Hall–Kier alpha value is -0.990. The molecule has 0 radical (unpaired) electrons. The maximum atomic E-state index is 12.5. The van der Waals surface area contributed by atoms with Crippen molar-refractivity contribution in [3.8, 4) is 0 Å². The molecular weight excluding hydrogens is 201 g/mol. The zero-order valence-corrected chi connectivity index (χ0v) is 8.56. The van der Waals surface area contributed by atoms with Gasteiger partial charge in [0.25, 0.3) is 0 Å². The van der Waals surface area contributed by atoms with Crippen molar-refractivity contribution >= 4 is 0 Å². The maximum Gasteiger partial charge on any atom is 0.100 e. The van der Waals surface area contributed by atoms with Crippen LogP contribution in [-0.2, 0) is 6.42 Å². The monoisotopic (exact) mass is 216 g/mol. The highest BCUT2D eigenvalue weighted by atomic mass is 19.1. The van der Waals surface area contributed by atoms with Crippen LogP contribution in [0.2, 0.25) is 0 Å². The minimum absolute atomic E-state index is 0.209. The fourth-order valence-electron chi connectivity index (χ4n) is 1.36. The van der Waals surface area contributed by atoms with Crippen LogP contribution in [-0.4, -0.2) is 20.0 Å². The van der Waals surface area contributed by atoms with Gasteiger partial charge in [-0.25, -0.2) is 0 Å². The highest BCUT2D eigenvalue weighted by Gasteiger charge is 2.30. The second-order valence-electron chi connectivity index (χ2n) is 3.89. The van der Waals surface area contributed by atoms with E-state index in [9.17, 15) is 13.2 Å². The predicted molar refractivity (Wildman–Crippen MR) is 55.1 cm³/mol. The highest BCUT2D eigenvalue weighted by Crippen LogP contribution is 2.26. The van der Waals surface area contributed by atoms with Crippen molar-refractivity contribution in [1.29, 1.82) is 0 Å². The number of halogens is 3. The van der Waals surface area contributed by atoms with Crippen LogP contribution in [0.3, 0.4) is 0 Å². The van der Waals surface area contributed by atoms with Crippen LogP contribution in [0.1, 0.15) is 12.0 Å². The zero-order chi connectivity index (χ0) is 11.1. The first-order valence-electron chi connectivity index (χ1n) is 4.98. The summed E-state index contributed by atoms with van der Waals surface area (Å²) in [6.45, 7) is -2.81. The lowest BCUT2D eigenvalue weighted by atomic mass is 9.86. The molecular formula is C12H15F3. The summed E-state index contributed by atoms with van der Waals surface area (Å²) in [6.07, 6.45) is 0.721. The summed E-state index contributed by atoms with van der Waals surface area (Å²) in [5, 5.41) is 0. The lowest BCUT2D eigenvalue weighted by Gasteiger charge is -2.23. The molecule has 0 bridgehead atoms. The van der Waals surface area contributed by atoms with Crippen molar-refractivity contribution in [2.24, 2.45) is 5.41 Å². The topological polar surface area (TPSA) is 0 Å². The molecule has 0 nitrogen and oxygen atoms in total. The van der Waals surface area contributed by atoms with Gasteiger partial charge in [0.15, 0.2) is 0 Å². The Bertz CT molecular complexity index is 259. The van der Waals surface area contributed by atoms with Gasteiger partial charge in [-0.1, -0.05) is 30.3 Å². The molecule has 0 aliphatic carbocycles. The van der Waals surface area contributed by atoms with Crippen LogP contribution in [0.4, 0.5) is 13.2 Å². The lowest BCUT2D eigenvalue weighted by Crippen LogP contribution is -2.29. The van der Waals surface area contributed by atoms with E-state index in [0.29, 0.717) is 6.42 Å². The van der Waals surface area contributed by atoms with Crippen molar-refractivity contribution in [2.45, 2.75) is 12.8 Å². The average molecular weight is 216 g/mol. The highest BCUT2D eigenvalue weighted by molar-refractivity contribution is 5.15. The van der Waals surface area contributed by atoms with Gasteiger partial charge in [-0.15, -0.1) is 0 Å². The Balaban J connectivity index is 2.54. The number of benzene rings is 1. The molecule has 0 spiro atoms. The Morgan fingerprint density at radius 3 is 1.87 bits per heavy atom. The first kappa shape index (κ1) is 12.1. The zero-order valence-electron chi connectivity index (χ0n) is 8.56. The molecule has 1 rings (SSSR count). The van der Waals surface area contributed by atoms with Crippen molar-refractivity contribution in [3.05, 3.63) is 35.9 Å². The number of aryl methyl sites for hydroxylation is 1. The third kappa shape index (κ3) is 3.26. The van der Waals surface area contributed by atoms with Crippen LogP contribution >= 0.6 is 0 Å². The Labute approximate surface area is 88.1 Å². The molecule has 15 heavy (non-hydrogen) atoms. The van der Waals surface area contributed by atoms with Gasteiger partial charge < -0.3 is 0 Å². The summed E-state index contributed by atoms with van der Waals surface area (Å²) in [5.41, 5.74) is -0.437. The maximum absolute atomic E-state index is 12.5. The molecule has 3 heteroatoms. The Morgan fingerprint density at radius 1 is 0.867 bits per heavy atom. The van der Waals surface area contributed by atoms with E-state index in [0.717, 1.165) is 5.56 Å². The molecule has 0 aliphatic heterocycles. The summed E-state index contributed by atoms with van der Waals surface area (Å²) < 4.78 is 37.6. The average Bonchev–Trinajstić information content (AvgIpc) is 2.33. The van der Waals surface area contributed by atoms with E-state index in [-0.39, 0.29) is 6.42 Å². The largest absolute Gasteiger partial charge is 0.250 e. The van der Waals surface area contributed by atoms with Crippen molar-refractivity contribution in [3.63, 3.8) is 0 Å². The van der Waals surface area contributed by atoms with Crippen molar-refractivity contribution in [2.75, 3.05) is 20.0 Å². The van der Waals surface area contributed by atoms with Crippen LogP contribution in [0.25, 0.3) is 0 Å². The van der Waals surface area contributed by atoms with Gasteiger partial charge in [0.1, 0.15) is 20.0 Å². The molecule has 0 fully saturated rings. The third-order valence-corrected chi connectivity index (χ3v) is 2.64. The normalized spacial score (nSPS) is 11.7. The molecule has 0 saturated carbocycles. The van der Waals surface area contributed by atoms with Gasteiger partial charge in [0, 0.05) is 0 Å². The van der Waals surface area contributed by atoms with Gasteiger partial charge in [-0.2, -0.15) is 0 Å². The molecule has 1 aromatic rings. The van der Waals surface area contributed by atoms with E-state index >= 15 is 0 Å². The molecule has 0 N–H and O–H groups in total. The van der Waals surface area contributed by atoms with E-state index in [1.54, 1.807) is 0 Å². The van der Waals surface area contributed by atoms with Crippen LogP contribution in [0.5, 0.6) is 0 Å². The fourth-order valence-corrected chi connectivity index (χ4v) is 1.36. The molecule has 84 valence electrons. The molecule has 0 heterocycles. The number of rotatable bonds is 6. The lowest BCUT2D eigenvalue weighted by molar-refractivity contribution is 0.103. The Morgan fingerprint density at radius 2 is 1.40 bits per heavy atom. The van der Waals surface area contributed by atoms with E-state index in [1.807, 2.05) is 30.3 Å². The van der Waals surface area contributed by atoms with Crippen LogP contribution < -0.4 is 0 Å². The van der Waals surface area contributed by atoms with Gasteiger partial charge in [0.2, 0.25) is 0 Å². The van der Waals surface area contributed by atoms with Gasteiger partial charge in [0.05, 0.1) is 5.41 Å². The standard InChI is InChI=1S/C12H15F3/c13-8-12(9-14,10-15)7-6-11-4-2-1-3-5-11/h1-5H,6-10H2. The SMILES string of the molecule is FCC(CF)(CF)CCc1ccccc1. The summed E-state index contributed by atoms with van der Waals surface area (Å²) in [5.74, 6) is 0. The van der Waals surface area contributed by atoms with Crippen LogP contribution in [0.15, 0.2) is 30.3 Å². The van der Waals surface area contributed by atoms with E-state index in [1.165, 1.54) is 0 Å². The first-order chi connectivity index (χ1) is 7.26. The minimum atomic E-state index is -1.42. The number of hydrogen-bond acceptors (Lipinski definition) is 0. The van der Waals surface area contributed by atoms with Crippen molar-refractivity contribution < 1.29 is 13.2 Å². The summed E-state index contributed by atoms with van der Waals surface area (Å²) in [4.78, 5) is 0. The van der Waals surface area contributed by atoms with Gasteiger partial charge in [-0.05, 0) is 18.4 Å². The molecule has 1 aromatic carbocycles. The molecule has 0 aromatic heterocycles. The van der Waals surface area contributed by atoms with Gasteiger partial charge >= 0.3 is 0 Å². The second-order valence-corrected chi connectivity index (χ2v) is 3.89. The summed E-state index contributed by atoms with van der Waals surface area (Å²) in [7, 11) is 0.